The number of imidazole rings is 1. The predicted octanol–water partition coefficient (Wildman–Crippen LogP) is 5.17. The summed E-state index contributed by atoms with van der Waals surface area (Å²) in [5, 5.41) is 3.92. The fourth-order valence-electron chi connectivity index (χ4n) is 3.12. The Morgan fingerprint density at radius 2 is 1.93 bits per heavy atom. The molecule has 0 saturated heterocycles. The average Bonchev–Trinajstić information content (AvgIpc) is 3.34. The molecule has 0 aliphatic rings. The smallest absolute Gasteiger partial charge is 0.255 e. The molecule has 5 rings (SSSR count). The maximum absolute atomic E-state index is 12.5. The Morgan fingerprint density at radius 3 is 2.79 bits per heavy atom. The number of nitrogens with zero attached hydrogens (tertiary/aromatic N) is 3. The number of aryl methyl sites for hydroxylation is 1. The van der Waals surface area contributed by atoms with E-state index in [9.17, 15) is 4.79 Å². The van der Waals surface area contributed by atoms with E-state index in [2.05, 4.69) is 35.4 Å². The Balaban J connectivity index is 1.37. The lowest BCUT2D eigenvalue weighted by Crippen LogP contribution is -2.12. The fraction of sp³-hybridized carbons (Fsp3) is 0.0455. The van der Waals surface area contributed by atoms with Gasteiger partial charge in [-0.25, -0.2) is 9.97 Å². The maximum atomic E-state index is 12.5. The summed E-state index contributed by atoms with van der Waals surface area (Å²) < 4.78 is 3.05. The summed E-state index contributed by atoms with van der Waals surface area (Å²) in [7, 11) is 0. The molecule has 0 bridgehead atoms. The second-order valence-electron chi connectivity index (χ2n) is 6.66. The molecule has 3 aromatic heterocycles. The molecule has 0 unspecified atom stereocenters. The van der Waals surface area contributed by atoms with Crippen LogP contribution in [0.4, 0.5) is 5.69 Å². The highest BCUT2D eigenvalue weighted by Gasteiger charge is 2.09. The van der Waals surface area contributed by atoms with Crippen LogP contribution in [-0.4, -0.2) is 20.3 Å². The van der Waals surface area contributed by atoms with E-state index >= 15 is 0 Å². The first-order chi connectivity index (χ1) is 13.7. The van der Waals surface area contributed by atoms with E-state index in [1.165, 1.54) is 10.3 Å². The normalized spacial score (nSPS) is 11.2. The van der Waals surface area contributed by atoms with Gasteiger partial charge < -0.3 is 9.72 Å². The van der Waals surface area contributed by atoms with Gasteiger partial charge in [-0.15, -0.1) is 11.3 Å². The Kier molecular flexibility index (Phi) is 3.91. The van der Waals surface area contributed by atoms with Gasteiger partial charge in [-0.05, 0) is 61.0 Å². The number of aromatic nitrogens is 3. The van der Waals surface area contributed by atoms with E-state index < -0.39 is 0 Å². The number of nitrogens with one attached hydrogen (secondary N) is 1. The zero-order chi connectivity index (χ0) is 19.1. The topological polar surface area (TPSA) is 59.3 Å². The highest BCUT2D eigenvalue weighted by Crippen LogP contribution is 2.31. The number of fused-ring (bicyclic) bond motifs is 2. The minimum atomic E-state index is -0.146. The third-order valence-electron chi connectivity index (χ3n) is 4.61. The zero-order valence-electron chi connectivity index (χ0n) is 15.1. The van der Waals surface area contributed by atoms with Crippen LogP contribution < -0.4 is 5.32 Å². The number of hydrogen-bond acceptors (Lipinski definition) is 4. The van der Waals surface area contributed by atoms with Crippen molar-refractivity contribution < 1.29 is 4.79 Å². The highest BCUT2D eigenvalue weighted by atomic mass is 32.1. The van der Waals surface area contributed by atoms with Gasteiger partial charge >= 0.3 is 0 Å². The van der Waals surface area contributed by atoms with Crippen LogP contribution in [-0.2, 0) is 0 Å². The first kappa shape index (κ1) is 16.6. The van der Waals surface area contributed by atoms with Crippen LogP contribution in [0.3, 0.4) is 0 Å². The Morgan fingerprint density at radius 1 is 1.07 bits per heavy atom. The van der Waals surface area contributed by atoms with Crippen molar-refractivity contribution >= 4 is 38.7 Å². The quantitative estimate of drug-likeness (QED) is 0.467. The monoisotopic (exact) mass is 384 g/mol. The molecule has 1 N–H and O–H groups in total. The number of hydrogen-bond donors (Lipinski definition) is 1. The Bertz CT molecular complexity index is 1320. The van der Waals surface area contributed by atoms with Crippen LogP contribution in [0, 0.1) is 6.92 Å². The first-order valence-electron chi connectivity index (χ1n) is 8.86. The predicted molar refractivity (Wildman–Crippen MR) is 113 cm³/mol. The van der Waals surface area contributed by atoms with Gasteiger partial charge in [-0.1, -0.05) is 6.07 Å². The average molecular weight is 384 g/mol. The van der Waals surface area contributed by atoms with Gasteiger partial charge in [0.15, 0.2) is 0 Å². The van der Waals surface area contributed by atoms with E-state index in [4.69, 9.17) is 4.98 Å². The SMILES string of the molecule is Cc1ccc2nc(-c3ccc(NC(=O)c4ccn5cncc5c4)cc3)sc2c1. The Hall–Kier alpha value is -3.51. The van der Waals surface area contributed by atoms with Gasteiger partial charge in [-0.3, -0.25) is 4.79 Å². The lowest BCUT2D eigenvalue weighted by atomic mass is 10.2. The van der Waals surface area contributed by atoms with E-state index in [0.717, 1.165) is 27.3 Å². The molecule has 0 spiro atoms. The van der Waals surface area contributed by atoms with Gasteiger partial charge in [0.2, 0.25) is 0 Å². The van der Waals surface area contributed by atoms with Crippen LogP contribution in [0.15, 0.2) is 73.3 Å². The van der Waals surface area contributed by atoms with Crippen molar-refractivity contribution in [3.05, 3.63) is 84.4 Å². The number of benzene rings is 2. The minimum absolute atomic E-state index is 0.146. The first-order valence-corrected chi connectivity index (χ1v) is 9.68. The largest absolute Gasteiger partial charge is 0.322 e. The molecule has 5 nitrogen and oxygen atoms in total. The summed E-state index contributed by atoms with van der Waals surface area (Å²) >= 11 is 1.68. The molecule has 28 heavy (non-hydrogen) atoms. The molecule has 0 atom stereocenters. The van der Waals surface area contributed by atoms with Crippen molar-refractivity contribution in [3.8, 4) is 10.6 Å². The molecule has 0 aliphatic carbocycles. The van der Waals surface area contributed by atoms with Crippen molar-refractivity contribution in [1.82, 2.24) is 14.4 Å². The van der Waals surface area contributed by atoms with E-state index in [1.54, 1.807) is 29.9 Å². The summed E-state index contributed by atoms with van der Waals surface area (Å²) in [5.74, 6) is -0.146. The number of anilines is 1. The maximum Gasteiger partial charge on any atom is 0.255 e. The number of thiazole rings is 1. The molecular formula is C22H16N4OS. The molecule has 2 aromatic carbocycles. The van der Waals surface area contributed by atoms with Crippen molar-refractivity contribution in [1.29, 1.82) is 0 Å². The second kappa shape index (κ2) is 6.58. The van der Waals surface area contributed by atoms with E-state index in [0.29, 0.717) is 5.56 Å². The van der Waals surface area contributed by atoms with Crippen molar-refractivity contribution in [2.75, 3.05) is 5.32 Å². The lowest BCUT2D eigenvalue weighted by Gasteiger charge is -2.06. The fourth-order valence-corrected chi connectivity index (χ4v) is 4.18. The molecule has 0 aliphatic heterocycles. The zero-order valence-corrected chi connectivity index (χ0v) is 15.9. The standard InChI is InChI=1S/C22H16N4OS/c1-14-2-7-19-20(10-14)28-22(25-19)15-3-5-17(6-4-15)24-21(27)16-8-9-26-13-23-12-18(26)11-16/h2-13H,1H3,(H,24,27). The van der Waals surface area contributed by atoms with E-state index in [-0.39, 0.29) is 5.91 Å². The number of carbonyl (C=O) groups is 1. The number of rotatable bonds is 3. The van der Waals surface area contributed by atoms with Gasteiger partial charge in [0.1, 0.15) is 5.01 Å². The van der Waals surface area contributed by atoms with Crippen molar-refractivity contribution in [2.24, 2.45) is 0 Å². The molecule has 0 radical (unpaired) electrons. The van der Waals surface area contributed by atoms with Crippen molar-refractivity contribution in [3.63, 3.8) is 0 Å². The van der Waals surface area contributed by atoms with Gasteiger partial charge in [-0.2, -0.15) is 0 Å². The molecular weight excluding hydrogens is 368 g/mol. The number of carbonyl (C=O) groups excluding carboxylic acids is 1. The Labute approximate surface area is 165 Å². The number of pyridine rings is 1. The van der Waals surface area contributed by atoms with Gasteiger partial charge in [0.05, 0.1) is 28.3 Å². The second-order valence-corrected chi connectivity index (χ2v) is 7.69. The van der Waals surface area contributed by atoms with Crippen LogP contribution in [0.1, 0.15) is 15.9 Å². The molecule has 3 heterocycles. The van der Waals surface area contributed by atoms with Gasteiger partial charge in [0, 0.05) is 23.0 Å². The summed E-state index contributed by atoms with van der Waals surface area (Å²) in [4.78, 5) is 21.3. The van der Waals surface area contributed by atoms with Gasteiger partial charge in [0.25, 0.3) is 5.91 Å². The van der Waals surface area contributed by atoms with Crippen molar-refractivity contribution in [2.45, 2.75) is 6.92 Å². The molecule has 6 heteroatoms. The van der Waals surface area contributed by atoms with Crippen LogP contribution >= 0.6 is 11.3 Å². The van der Waals surface area contributed by atoms with Crippen LogP contribution in [0.5, 0.6) is 0 Å². The molecule has 0 fully saturated rings. The molecule has 0 saturated carbocycles. The molecule has 1 amide bonds. The van der Waals surface area contributed by atoms with Crippen LogP contribution in [0.25, 0.3) is 26.3 Å². The third kappa shape index (κ3) is 3.04. The minimum Gasteiger partial charge on any atom is -0.322 e. The highest BCUT2D eigenvalue weighted by molar-refractivity contribution is 7.21. The number of amides is 1. The summed E-state index contributed by atoms with van der Waals surface area (Å²) in [6.07, 6.45) is 5.26. The lowest BCUT2D eigenvalue weighted by molar-refractivity contribution is 0.102. The van der Waals surface area contributed by atoms with Crippen LogP contribution in [0.2, 0.25) is 0 Å². The third-order valence-corrected chi connectivity index (χ3v) is 5.68. The van der Waals surface area contributed by atoms with E-state index in [1.807, 2.05) is 40.9 Å². The summed E-state index contributed by atoms with van der Waals surface area (Å²) in [5.41, 5.74) is 5.51. The molecule has 5 aromatic rings. The summed E-state index contributed by atoms with van der Waals surface area (Å²) in [6, 6.07) is 17.7. The molecule has 136 valence electrons. The summed E-state index contributed by atoms with van der Waals surface area (Å²) in [6.45, 7) is 2.08.